The first kappa shape index (κ1) is 17.1. The van der Waals surface area contributed by atoms with Crippen molar-refractivity contribution in [1.29, 1.82) is 0 Å². The highest BCUT2D eigenvalue weighted by Crippen LogP contribution is 2.12. The zero-order chi connectivity index (χ0) is 17.0. The lowest BCUT2D eigenvalue weighted by atomic mass is 10.0. The van der Waals surface area contributed by atoms with E-state index in [1.165, 1.54) is 0 Å². The van der Waals surface area contributed by atoms with Gasteiger partial charge < -0.3 is 10.4 Å². The van der Waals surface area contributed by atoms with Crippen molar-refractivity contribution in [2.75, 3.05) is 6.61 Å². The topological polar surface area (TPSA) is 80.0 Å². The Balaban J connectivity index is 2.12. The second-order valence-corrected chi connectivity index (χ2v) is 6.00. The van der Waals surface area contributed by atoms with Crippen LogP contribution < -0.4 is 5.32 Å². The van der Waals surface area contributed by atoms with Crippen LogP contribution in [0.4, 0.5) is 0 Å². The second kappa shape index (κ2) is 7.37. The van der Waals surface area contributed by atoms with Gasteiger partial charge in [0.2, 0.25) is 0 Å². The standard InChI is InChI=1S/C17H24N4O2/c1-11(2)16(9-10-22)19-17(23)14-5-7-15(8-6-14)21-13(4)18-12(3)20-21/h5-8,11,16,22H,9-10H2,1-4H3,(H,19,23). The third-order valence-corrected chi connectivity index (χ3v) is 3.81. The number of aromatic nitrogens is 3. The number of benzene rings is 1. The SMILES string of the molecule is Cc1nc(C)n(-c2ccc(C(=O)NC(CCO)C(C)C)cc2)n1. The van der Waals surface area contributed by atoms with E-state index in [0.717, 1.165) is 11.5 Å². The molecule has 2 aromatic rings. The monoisotopic (exact) mass is 316 g/mol. The molecule has 124 valence electrons. The van der Waals surface area contributed by atoms with Crippen molar-refractivity contribution >= 4 is 5.91 Å². The van der Waals surface area contributed by atoms with Gasteiger partial charge in [-0.3, -0.25) is 4.79 Å². The zero-order valence-electron chi connectivity index (χ0n) is 14.1. The summed E-state index contributed by atoms with van der Waals surface area (Å²) in [5.74, 6) is 1.66. The third-order valence-electron chi connectivity index (χ3n) is 3.81. The number of hydrogen-bond acceptors (Lipinski definition) is 4. The van der Waals surface area contributed by atoms with Crippen LogP contribution in [-0.4, -0.2) is 38.4 Å². The smallest absolute Gasteiger partial charge is 0.251 e. The number of amides is 1. The van der Waals surface area contributed by atoms with Gasteiger partial charge in [-0.25, -0.2) is 9.67 Å². The molecule has 2 rings (SSSR count). The molecule has 0 radical (unpaired) electrons. The number of aliphatic hydroxyl groups is 1. The summed E-state index contributed by atoms with van der Waals surface area (Å²) >= 11 is 0. The molecule has 1 unspecified atom stereocenters. The van der Waals surface area contributed by atoms with Crippen LogP contribution in [0.1, 0.15) is 42.3 Å². The molecule has 0 spiro atoms. The summed E-state index contributed by atoms with van der Waals surface area (Å²) in [6.07, 6.45) is 0.554. The second-order valence-electron chi connectivity index (χ2n) is 6.00. The fourth-order valence-electron chi connectivity index (χ4n) is 2.48. The number of aliphatic hydroxyl groups excluding tert-OH is 1. The van der Waals surface area contributed by atoms with Gasteiger partial charge in [-0.1, -0.05) is 13.8 Å². The van der Waals surface area contributed by atoms with E-state index >= 15 is 0 Å². The number of nitrogens with one attached hydrogen (secondary N) is 1. The quantitative estimate of drug-likeness (QED) is 0.854. The molecule has 0 saturated heterocycles. The third kappa shape index (κ3) is 4.16. The number of carbonyl (C=O) groups excluding carboxylic acids is 1. The predicted molar refractivity (Wildman–Crippen MR) is 88.6 cm³/mol. The normalized spacial score (nSPS) is 12.4. The van der Waals surface area contributed by atoms with Gasteiger partial charge in [0, 0.05) is 18.2 Å². The Morgan fingerprint density at radius 2 is 1.91 bits per heavy atom. The Morgan fingerprint density at radius 1 is 1.26 bits per heavy atom. The van der Waals surface area contributed by atoms with E-state index in [9.17, 15) is 4.79 Å². The molecule has 0 aliphatic carbocycles. The maximum atomic E-state index is 12.3. The number of hydrogen-bond donors (Lipinski definition) is 2. The van der Waals surface area contributed by atoms with Crippen LogP contribution in [0.5, 0.6) is 0 Å². The van der Waals surface area contributed by atoms with Crippen molar-refractivity contribution in [1.82, 2.24) is 20.1 Å². The van der Waals surface area contributed by atoms with E-state index in [4.69, 9.17) is 5.11 Å². The van der Waals surface area contributed by atoms with Gasteiger partial charge in [0.05, 0.1) is 5.69 Å². The predicted octanol–water partition coefficient (Wildman–Crippen LogP) is 2.02. The summed E-state index contributed by atoms with van der Waals surface area (Å²) in [5.41, 5.74) is 1.46. The van der Waals surface area contributed by atoms with E-state index in [1.807, 2.05) is 39.8 Å². The summed E-state index contributed by atoms with van der Waals surface area (Å²) in [6, 6.07) is 7.22. The van der Waals surface area contributed by atoms with Crippen LogP contribution in [0.15, 0.2) is 24.3 Å². The molecule has 1 amide bonds. The molecule has 1 aromatic heterocycles. The van der Waals surface area contributed by atoms with Crippen LogP contribution in [0, 0.1) is 19.8 Å². The van der Waals surface area contributed by atoms with E-state index in [2.05, 4.69) is 15.4 Å². The molecule has 0 aliphatic heterocycles. The van der Waals surface area contributed by atoms with Crippen LogP contribution in [0.3, 0.4) is 0 Å². The van der Waals surface area contributed by atoms with E-state index in [1.54, 1.807) is 16.8 Å². The van der Waals surface area contributed by atoms with E-state index in [0.29, 0.717) is 17.8 Å². The maximum absolute atomic E-state index is 12.3. The molecule has 2 N–H and O–H groups in total. The number of aryl methyl sites for hydroxylation is 2. The van der Waals surface area contributed by atoms with Crippen LogP contribution in [0.25, 0.3) is 5.69 Å². The lowest BCUT2D eigenvalue weighted by molar-refractivity contribution is 0.0916. The van der Waals surface area contributed by atoms with Gasteiger partial charge in [-0.15, -0.1) is 0 Å². The fourth-order valence-corrected chi connectivity index (χ4v) is 2.48. The van der Waals surface area contributed by atoms with Crippen molar-refractivity contribution in [2.24, 2.45) is 5.92 Å². The molecule has 0 bridgehead atoms. The molecular weight excluding hydrogens is 292 g/mol. The van der Waals surface area contributed by atoms with Gasteiger partial charge in [-0.05, 0) is 50.5 Å². The van der Waals surface area contributed by atoms with Crippen molar-refractivity contribution in [3.63, 3.8) is 0 Å². The number of carbonyl (C=O) groups is 1. The first-order valence-corrected chi connectivity index (χ1v) is 7.84. The zero-order valence-corrected chi connectivity index (χ0v) is 14.1. The minimum Gasteiger partial charge on any atom is -0.396 e. The van der Waals surface area contributed by atoms with Gasteiger partial charge in [0.25, 0.3) is 5.91 Å². The minimum absolute atomic E-state index is 0.0348. The van der Waals surface area contributed by atoms with Gasteiger partial charge in [-0.2, -0.15) is 5.10 Å². The van der Waals surface area contributed by atoms with Crippen molar-refractivity contribution < 1.29 is 9.90 Å². The van der Waals surface area contributed by atoms with Crippen LogP contribution >= 0.6 is 0 Å². The summed E-state index contributed by atoms with van der Waals surface area (Å²) < 4.78 is 1.75. The van der Waals surface area contributed by atoms with Crippen molar-refractivity contribution in [3.8, 4) is 5.69 Å². The lowest BCUT2D eigenvalue weighted by Crippen LogP contribution is -2.39. The molecule has 0 saturated carbocycles. The summed E-state index contributed by atoms with van der Waals surface area (Å²) in [5, 5.41) is 16.4. The minimum atomic E-state index is -0.129. The van der Waals surface area contributed by atoms with Gasteiger partial charge in [0.1, 0.15) is 11.6 Å². The van der Waals surface area contributed by atoms with Gasteiger partial charge in [0.15, 0.2) is 0 Å². The van der Waals surface area contributed by atoms with Gasteiger partial charge >= 0.3 is 0 Å². The van der Waals surface area contributed by atoms with E-state index < -0.39 is 0 Å². The Morgan fingerprint density at radius 3 is 2.39 bits per heavy atom. The largest absolute Gasteiger partial charge is 0.396 e. The van der Waals surface area contributed by atoms with E-state index in [-0.39, 0.29) is 24.5 Å². The fraction of sp³-hybridized carbons (Fsp3) is 0.471. The molecule has 1 heterocycles. The van der Waals surface area contributed by atoms with Crippen molar-refractivity contribution in [2.45, 2.75) is 40.2 Å². The molecule has 0 fully saturated rings. The molecule has 1 atom stereocenters. The Labute approximate surface area is 136 Å². The highest BCUT2D eigenvalue weighted by molar-refractivity contribution is 5.94. The Kier molecular flexibility index (Phi) is 5.50. The molecular formula is C17H24N4O2. The molecule has 6 heteroatoms. The lowest BCUT2D eigenvalue weighted by Gasteiger charge is -2.21. The first-order valence-electron chi connectivity index (χ1n) is 7.84. The molecule has 0 aliphatic rings. The number of rotatable bonds is 6. The Bertz CT molecular complexity index is 662. The first-order chi connectivity index (χ1) is 10.9. The highest BCUT2D eigenvalue weighted by Gasteiger charge is 2.16. The average Bonchev–Trinajstić information content (AvgIpc) is 2.85. The molecule has 1 aromatic carbocycles. The van der Waals surface area contributed by atoms with Crippen molar-refractivity contribution in [3.05, 3.63) is 41.5 Å². The summed E-state index contributed by atoms with van der Waals surface area (Å²) in [4.78, 5) is 16.6. The average molecular weight is 316 g/mol. The molecule has 6 nitrogen and oxygen atoms in total. The maximum Gasteiger partial charge on any atom is 0.251 e. The Hall–Kier alpha value is -2.21. The highest BCUT2D eigenvalue weighted by atomic mass is 16.3. The van der Waals surface area contributed by atoms with Crippen LogP contribution in [-0.2, 0) is 0 Å². The molecule has 23 heavy (non-hydrogen) atoms. The summed E-state index contributed by atoms with van der Waals surface area (Å²) in [6.45, 7) is 7.85. The number of nitrogens with zero attached hydrogens (tertiary/aromatic N) is 3. The summed E-state index contributed by atoms with van der Waals surface area (Å²) in [7, 11) is 0. The van der Waals surface area contributed by atoms with Crippen LogP contribution in [0.2, 0.25) is 0 Å².